The Labute approximate surface area is 132 Å². The van der Waals surface area contributed by atoms with Crippen LogP contribution in [0.25, 0.3) is 11.3 Å². The van der Waals surface area contributed by atoms with Crippen LogP contribution in [0.2, 0.25) is 0 Å². The minimum atomic E-state index is -0.832. The fourth-order valence-corrected chi connectivity index (χ4v) is 2.61. The number of methoxy groups -OCH3 is 1. The number of esters is 1. The van der Waals surface area contributed by atoms with E-state index < -0.39 is 16.6 Å². The maximum atomic E-state index is 12.7. The second-order valence-electron chi connectivity index (χ2n) is 4.91. The maximum absolute atomic E-state index is 12.7. The molecule has 0 radical (unpaired) electrons. The van der Waals surface area contributed by atoms with Crippen molar-refractivity contribution in [2.45, 2.75) is 20.3 Å². The smallest absolute Gasteiger partial charge is 0.356 e. The van der Waals surface area contributed by atoms with Gasteiger partial charge in [0.1, 0.15) is 0 Å². The number of benzene rings is 1. The van der Waals surface area contributed by atoms with Crippen LogP contribution in [0.15, 0.2) is 30.3 Å². The number of hydrogen-bond acceptors (Lipinski definition) is 5. The monoisotopic (exact) mass is 316 g/mol. The van der Waals surface area contributed by atoms with Gasteiger partial charge in [0.25, 0.3) is 0 Å². The second-order valence-corrected chi connectivity index (χ2v) is 4.91. The zero-order chi connectivity index (χ0) is 17.1. The van der Waals surface area contributed by atoms with Gasteiger partial charge in [0.15, 0.2) is 11.3 Å². The summed E-state index contributed by atoms with van der Waals surface area (Å²) >= 11 is 0. The lowest BCUT2D eigenvalue weighted by Gasteiger charge is -2.14. The summed E-state index contributed by atoms with van der Waals surface area (Å²) < 4.78 is 5.22. The molecule has 2 aromatic rings. The number of aromatic nitrogens is 1. The van der Waals surface area contributed by atoms with E-state index in [9.17, 15) is 20.1 Å². The number of carbonyl (C=O) groups is 1. The van der Waals surface area contributed by atoms with Crippen molar-refractivity contribution < 1.29 is 19.2 Å². The lowest BCUT2D eigenvalue weighted by molar-refractivity contribution is -0.606. The topological polar surface area (TPSA) is 96.4 Å². The van der Waals surface area contributed by atoms with Crippen LogP contribution in [0, 0.1) is 22.2 Å². The molecule has 23 heavy (non-hydrogen) atoms. The third-order valence-electron chi connectivity index (χ3n) is 3.67. The summed E-state index contributed by atoms with van der Waals surface area (Å²) in [5.41, 5.74) is 0.0659. The van der Waals surface area contributed by atoms with E-state index in [0.717, 1.165) is 7.11 Å². The van der Waals surface area contributed by atoms with E-state index in [4.69, 9.17) is 0 Å². The van der Waals surface area contributed by atoms with Gasteiger partial charge in [-0.2, -0.15) is 4.73 Å². The Balaban J connectivity index is 3.00. The Bertz CT molecular complexity index is 772. The molecular formula is C16H16N2O5. The summed E-state index contributed by atoms with van der Waals surface area (Å²) in [4.78, 5) is 23.0. The molecule has 0 spiro atoms. The molecule has 0 aliphatic rings. The summed E-state index contributed by atoms with van der Waals surface area (Å²) in [5.74, 6) is -0.832. The highest BCUT2D eigenvalue weighted by atomic mass is 16.6. The van der Waals surface area contributed by atoms with Crippen molar-refractivity contribution in [2.75, 3.05) is 7.11 Å². The number of hydrogen-bond donors (Lipinski definition) is 0. The van der Waals surface area contributed by atoms with Crippen LogP contribution < -0.4 is 4.73 Å². The molecular weight excluding hydrogens is 300 g/mol. The maximum Gasteiger partial charge on any atom is 0.356 e. The summed E-state index contributed by atoms with van der Waals surface area (Å²) in [6.07, 6.45) is 0.331. The van der Waals surface area contributed by atoms with E-state index in [2.05, 4.69) is 4.74 Å². The van der Waals surface area contributed by atoms with Gasteiger partial charge in [-0.05, 0) is 19.1 Å². The molecule has 0 atom stereocenters. The molecule has 0 unspecified atom stereocenters. The first-order valence-electron chi connectivity index (χ1n) is 7.01. The molecule has 0 aliphatic heterocycles. The molecule has 1 heterocycles. The van der Waals surface area contributed by atoms with Gasteiger partial charge >= 0.3 is 17.4 Å². The normalized spacial score (nSPS) is 10.4. The zero-order valence-electron chi connectivity index (χ0n) is 13.0. The second kappa shape index (κ2) is 6.43. The highest BCUT2D eigenvalue weighted by Gasteiger charge is 2.37. The van der Waals surface area contributed by atoms with Gasteiger partial charge in [0.05, 0.1) is 17.6 Å². The average Bonchev–Trinajstić information content (AvgIpc) is 2.54. The number of nitro groups is 1. The highest BCUT2D eigenvalue weighted by Crippen LogP contribution is 2.33. The van der Waals surface area contributed by atoms with Crippen molar-refractivity contribution in [3.63, 3.8) is 0 Å². The third-order valence-corrected chi connectivity index (χ3v) is 3.67. The number of rotatable bonds is 4. The van der Waals surface area contributed by atoms with Crippen LogP contribution >= 0.6 is 0 Å². The van der Waals surface area contributed by atoms with E-state index in [0.29, 0.717) is 22.4 Å². The SMILES string of the molecule is CCc1c(C)c(C(=O)OC)c([N+](=O)[O-])c(-c2ccccc2)[n+]1[O-]. The predicted octanol–water partition coefficient (Wildman–Crippen LogP) is 2.55. The molecule has 0 saturated carbocycles. The molecule has 0 bridgehead atoms. The van der Waals surface area contributed by atoms with Crippen molar-refractivity contribution in [1.82, 2.24) is 0 Å². The first-order chi connectivity index (χ1) is 10.9. The van der Waals surface area contributed by atoms with Crippen LogP contribution in [0.4, 0.5) is 5.69 Å². The van der Waals surface area contributed by atoms with Gasteiger partial charge in [0.2, 0.25) is 0 Å². The molecule has 0 amide bonds. The van der Waals surface area contributed by atoms with Gasteiger partial charge in [-0.15, -0.1) is 0 Å². The molecule has 0 saturated heterocycles. The van der Waals surface area contributed by atoms with Crippen LogP contribution in [0.5, 0.6) is 0 Å². The Morgan fingerprint density at radius 2 is 1.91 bits per heavy atom. The fourth-order valence-electron chi connectivity index (χ4n) is 2.61. The fraction of sp³-hybridized carbons (Fsp3) is 0.250. The Hall–Kier alpha value is -2.96. The van der Waals surface area contributed by atoms with Crippen LogP contribution in [0.3, 0.4) is 0 Å². The first-order valence-corrected chi connectivity index (χ1v) is 7.01. The van der Waals surface area contributed by atoms with Crippen molar-refractivity contribution >= 4 is 11.7 Å². The van der Waals surface area contributed by atoms with E-state index >= 15 is 0 Å². The lowest BCUT2D eigenvalue weighted by atomic mass is 9.99. The zero-order valence-corrected chi connectivity index (χ0v) is 13.0. The van der Waals surface area contributed by atoms with E-state index in [1.165, 1.54) is 6.92 Å². The average molecular weight is 316 g/mol. The van der Waals surface area contributed by atoms with E-state index in [1.807, 2.05) is 0 Å². The number of ether oxygens (including phenoxy) is 1. The standard InChI is InChI=1S/C16H16N2O5/c1-4-12-10(2)13(16(19)23-3)15(18(21)22)14(17(12)20)11-8-6-5-7-9-11/h5-9H,4H2,1-3H3. The molecule has 0 N–H and O–H groups in total. The number of nitrogens with zero attached hydrogens (tertiary/aromatic N) is 2. The van der Waals surface area contributed by atoms with Crippen LogP contribution in [0.1, 0.15) is 28.5 Å². The molecule has 120 valence electrons. The van der Waals surface area contributed by atoms with Crippen molar-refractivity contribution in [1.29, 1.82) is 0 Å². The van der Waals surface area contributed by atoms with Gasteiger partial charge in [-0.3, -0.25) is 10.1 Å². The Morgan fingerprint density at radius 3 is 2.39 bits per heavy atom. The quantitative estimate of drug-likeness (QED) is 0.284. The van der Waals surface area contributed by atoms with Gasteiger partial charge in [-0.1, -0.05) is 25.1 Å². The number of carbonyl (C=O) groups excluding carboxylic acids is 1. The molecule has 7 heteroatoms. The molecule has 0 aliphatic carbocycles. The first kappa shape index (κ1) is 16.4. The van der Waals surface area contributed by atoms with Crippen molar-refractivity contribution in [2.24, 2.45) is 0 Å². The van der Waals surface area contributed by atoms with Crippen LogP contribution in [-0.4, -0.2) is 18.0 Å². The van der Waals surface area contributed by atoms with Gasteiger partial charge in [0, 0.05) is 12.0 Å². The summed E-state index contributed by atoms with van der Waals surface area (Å²) in [6, 6.07) is 8.25. The van der Waals surface area contributed by atoms with Gasteiger partial charge < -0.3 is 9.94 Å². The summed E-state index contributed by atoms with van der Waals surface area (Å²) in [6.45, 7) is 3.26. The Kier molecular flexibility index (Phi) is 4.59. The van der Waals surface area contributed by atoms with E-state index in [-0.39, 0.29) is 16.8 Å². The largest absolute Gasteiger partial charge is 0.618 e. The van der Waals surface area contributed by atoms with Gasteiger partial charge in [-0.25, -0.2) is 4.79 Å². The van der Waals surface area contributed by atoms with Crippen LogP contribution in [-0.2, 0) is 11.2 Å². The molecule has 2 rings (SSSR count). The Morgan fingerprint density at radius 1 is 1.30 bits per heavy atom. The molecule has 0 fully saturated rings. The highest BCUT2D eigenvalue weighted by molar-refractivity contribution is 5.98. The minimum absolute atomic E-state index is 0.154. The summed E-state index contributed by atoms with van der Waals surface area (Å²) in [7, 11) is 1.15. The van der Waals surface area contributed by atoms with E-state index in [1.54, 1.807) is 37.3 Å². The third kappa shape index (κ3) is 2.73. The molecule has 7 nitrogen and oxygen atoms in total. The van der Waals surface area contributed by atoms with Crippen molar-refractivity contribution in [3.8, 4) is 11.3 Å². The summed E-state index contributed by atoms with van der Waals surface area (Å²) in [5, 5.41) is 24.3. The molecule has 1 aromatic heterocycles. The number of pyridine rings is 1. The molecule has 1 aromatic carbocycles. The predicted molar refractivity (Wildman–Crippen MR) is 82.9 cm³/mol. The minimum Gasteiger partial charge on any atom is -0.618 e. The van der Waals surface area contributed by atoms with Crippen molar-refractivity contribution in [3.05, 3.63) is 62.5 Å². The lowest BCUT2D eigenvalue weighted by Crippen LogP contribution is -2.37.